The van der Waals surface area contributed by atoms with E-state index in [1.807, 2.05) is 74.5 Å². The highest BCUT2D eigenvalue weighted by molar-refractivity contribution is 6.21. The lowest BCUT2D eigenvalue weighted by Gasteiger charge is -2.09. The van der Waals surface area contributed by atoms with Crippen LogP contribution in [0.3, 0.4) is 0 Å². The van der Waals surface area contributed by atoms with Gasteiger partial charge in [-0.25, -0.2) is 18.3 Å². The molecule has 118 heavy (non-hydrogen) atoms. The van der Waals surface area contributed by atoms with Crippen LogP contribution < -0.4 is 18.3 Å². The van der Waals surface area contributed by atoms with Crippen LogP contribution in [-0.2, 0) is 56.4 Å². The summed E-state index contributed by atoms with van der Waals surface area (Å²) >= 11 is 0. The van der Waals surface area contributed by atoms with Gasteiger partial charge in [0.1, 0.15) is 28.2 Å². The molecule has 21 rings (SSSR count). The van der Waals surface area contributed by atoms with Crippen molar-refractivity contribution in [3.05, 3.63) is 336 Å². The van der Waals surface area contributed by atoms with E-state index in [0.717, 1.165) is 77.3 Å². The van der Waals surface area contributed by atoms with E-state index in [4.69, 9.17) is 12.3 Å². The molecule has 8 nitrogen and oxygen atoms in total. The van der Waals surface area contributed by atoms with E-state index in [9.17, 15) is 0 Å². The normalized spacial score (nSPS) is 12.7. The number of nitrogens with zero attached hydrogens (tertiary/aromatic N) is 8. The van der Waals surface area contributed by atoms with E-state index in [1.165, 1.54) is 131 Å². The molecule has 0 fully saturated rings. The van der Waals surface area contributed by atoms with Gasteiger partial charge in [-0.3, -0.25) is 0 Å². The van der Waals surface area contributed by atoms with E-state index >= 15 is 0 Å². The molecule has 0 amide bonds. The van der Waals surface area contributed by atoms with Crippen molar-refractivity contribution in [2.75, 3.05) is 0 Å². The number of aromatic nitrogens is 8. The van der Waals surface area contributed by atoms with Gasteiger partial charge in [0.05, 0.1) is 60.2 Å². The highest BCUT2D eigenvalue weighted by Gasteiger charge is 2.27. The summed E-state index contributed by atoms with van der Waals surface area (Å²) in [6, 6.07) is 92.8. The minimum absolute atomic E-state index is 0. The van der Waals surface area contributed by atoms with Gasteiger partial charge < -0.3 is 18.3 Å². The summed E-state index contributed by atoms with van der Waals surface area (Å²) in [7, 11) is 16.6. The lowest BCUT2D eigenvalue weighted by molar-refractivity contribution is -0.659. The molecule has 8 heterocycles. The van der Waals surface area contributed by atoms with E-state index in [2.05, 4.69) is 314 Å². The van der Waals surface area contributed by atoms with Crippen LogP contribution in [-0.4, -0.2) is 18.3 Å². The summed E-state index contributed by atoms with van der Waals surface area (Å²) in [6.45, 7) is 3.78. The maximum atomic E-state index is 8.35. The average Bonchev–Trinajstić information content (AvgIpc) is 1.56. The Hall–Kier alpha value is -13.3. The Kier molecular flexibility index (Phi) is 19.1. The molecule has 8 heteroatoms. The SMILES string of the molecule is C.C.C.C.Cc1ccc(-c2cc3c(c[n+]2C)c2ccc4ccccc4c2n3C)c(C)c1.Cc1ccccc1-c1cc2c(c[n+]1C)c1ccc3ccccc3c1n2C.[2H]C([2H])([2H])c1ccc(-c2c3c4cc5cc(-c6ccccc6)ccc5cc4n(C)c3c(C([2H])([2H])[2H])c[n+]2C)c(C)c1.[2H]C([2H])([2H])c1ccc(-c2cc3c(c[n+]2C)c2ccc4ccccc4c2n3C)c(C)c1. The molecule has 0 bridgehead atoms. The van der Waals surface area contributed by atoms with Crippen LogP contribution >= 0.6 is 0 Å². The van der Waals surface area contributed by atoms with Gasteiger partial charge in [-0.2, -0.15) is 0 Å². The average molecular weight is 1560 g/mol. The van der Waals surface area contributed by atoms with Gasteiger partial charge in [0.25, 0.3) is 0 Å². The van der Waals surface area contributed by atoms with Gasteiger partial charge in [0.2, 0.25) is 22.8 Å². The second kappa shape index (κ2) is 32.1. The molecule has 0 aliphatic rings. The van der Waals surface area contributed by atoms with Crippen LogP contribution in [0.5, 0.6) is 0 Å². The van der Waals surface area contributed by atoms with Gasteiger partial charge in [0, 0.05) is 130 Å². The van der Waals surface area contributed by atoms with Gasteiger partial charge in [-0.05, 0) is 158 Å². The molecule has 0 radical (unpaired) electrons. The first-order chi connectivity index (χ1) is 58.8. The zero-order valence-corrected chi connectivity index (χ0v) is 66.8. The molecule has 0 aliphatic carbocycles. The Morgan fingerprint density at radius 1 is 0.246 bits per heavy atom. The predicted molar refractivity (Wildman–Crippen MR) is 508 cm³/mol. The number of aryl methyl sites for hydroxylation is 16. The van der Waals surface area contributed by atoms with Crippen molar-refractivity contribution in [3.63, 3.8) is 0 Å². The van der Waals surface area contributed by atoms with Crippen molar-refractivity contribution >= 4 is 130 Å². The largest absolute Gasteiger partial charge is 0.343 e. The highest BCUT2D eigenvalue weighted by Crippen LogP contribution is 2.42. The molecule has 0 saturated heterocycles. The zero-order valence-electron chi connectivity index (χ0n) is 75.8. The Bertz CT molecular complexity index is 7930. The predicted octanol–water partition coefficient (Wildman–Crippen LogP) is 26.6. The summed E-state index contributed by atoms with van der Waals surface area (Å²) in [5, 5.41) is 19.3. The minimum atomic E-state index is -2.32. The molecule has 0 spiro atoms. The summed E-state index contributed by atoms with van der Waals surface area (Å²) in [6.07, 6.45) is 8.42. The van der Waals surface area contributed by atoms with Crippen molar-refractivity contribution in [2.24, 2.45) is 56.4 Å². The lowest BCUT2D eigenvalue weighted by atomic mass is 9.96. The Balaban J connectivity index is 0.000000138. The zero-order chi connectivity index (χ0) is 86.3. The van der Waals surface area contributed by atoms with Gasteiger partial charge >= 0.3 is 0 Å². The van der Waals surface area contributed by atoms with Crippen LogP contribution in [0.2, 0.25) is 0 Å². The van der Waals surface area contributed by atoms with Crippen LogP contribution in [0.25, 0.3) is 186 Å². The molecule has 588 valence electrons. The van der Waals surface area contributed by atoms with Crippen LogP contribution in [0, 0.1) is 55.2 Å². The maximum Gasteiger partial charge on any atom is 0.222 e. The highest BCUT2D eigenvalue weighted by atomic mass is 15.0. The first-order valence-corrected chi connectivity index (χ1v) is 39.0. The third-order valence-corrected chi connectivity index (χ3v) is 23.9. The first-order valence-electron chi connectivity index (χ1n) is 43.5. The molecule has 13 aromatic carbocycles. The number of fused-ring (bicyclic) bond motifs is 19. The smallest absolute Gasteiger partial charge is 0.222 e. The quantitative estimate of drug-likeness (QED) is 0.154. The molecule has 0 aliphatic heterocycles. The second-order valence-corrected chi connectivity index (χ2v) is 31.2. The molecule has 0 atom stereocenters. The molecule has 0 N–H and O–H groups in total. The number of hydrogen-bond acceptors (Lipinski definition) is 0. The van der Waals surface area contributed by atoms with E-state index in [1.54, 1.807) is 30.5 Å². The Morgan fingerprint density at radius 2 is 0.636 bits per heavy atom. The van der Waals surface area contributed by atoms with Crippen molar-refractivity contribution in [1.29, 1.82) is 0 Å². The first kappa shape index (κ1) is 70.1. The fourth-order valence-electron chi connectivity index (χ4n) is 18.2. The van der Waals surface area contributed by atoms with Crippen LogP contribution in [0.4, 0.5) is 0 Å². The lowest BCUT2D eigenvalue weighted by Crippen LogP contribution is -2.31. The van der Waals surface area contributed by atoms with Crippen molar-refractivity contribution in [1.82, 2.24) is 18.3 Å². The second-order valence-electron chi connectivity index (χ2n) is 31.2. The summed E-state index contributed by atoms with van der Waals surface area (Å²) in [5.41, 5.74) is 26.9. The summed E-state index contributed by atoms with van der Waals surface area (Å²) in [4.78, 5) is 0. The monoisotopic (exact) mass is 1550 g/mol. The molecular weight excluding hydrogens is 1430 g/mol. The molecule has 8 aromatic heterocycles. The van der Waals surface area contributed by atoms with Gasteiger partial charge in [-0.15, -0.1) is 0 Å². The van der Waals surface area contributed by atoms with E-state index < -0.39 is 20.6 Å². The molecule has 0 saturated carbocycles. The fourth-order valence-corrected chi connectivity index (χ4v) is 18.2. The third-order valence-electron chi connectivity index (χ3n) is 23.9. The minimum Gasteiger partial charge on any atom is -0.343 e. The van der Waals surface area contributed by atoms with Crippen molar-refractivity contribution < 1.29 is 30.6 Å². The number of hydrogen-bond donors (Lipinski definition) is 0. The number of pyridine rings is 4. The van der Waals surface area contributed by atoms with Crippen molar-refractivity contribution in [2.45, 2.75) is 84.9 Å². The fraction of sp³-hybridized carbons (Fsp3) is 0.182. The Labute approximate surface area is 708 Å². The van der Waals surface area contributed by atoms with Gasteiger partial charge in [0.15, 0.2) is 24.8 Å². The summed E-state index contributed by atoms with van der Waals surface area (Å²) < 4.78 is 89.0. The standard InChI is InChI=1S/C32H29N2.2C25H23N2.C24H21N2.4CH4/c1-20-11-14-27(21(2)15-20)32-30-28-17-26-16-24(23-9-7-6-8-10-23)12-13-25(26)18-29(28)34(5)31(30)22(3)19-33(32)4;2*1-16-9-11-19(17(2)13-16)23-14-24-22(15-26(23)3)21-12-10-18-7-5-6-8-20(18)25(21)27(24)4;1-16-8-4-6-10-18(16)22-14-23-21(15-25(22)2)20-13-12-17-9-5-7-11-19(17)24(20)26(23)3;;;;/h6-19H,1-5H3;2*5-15H,1-4H3;4-15H,1-3H3;4*1H4/q4*+1;;;;/i1D3,3D3;1D3;;;;;;. The maximum absolute atomic E-state index is 8.35. The van der Waals surface area contributed by atoms with E-state index in [0.29, 0.717) is 11.1 Å². The number of benzene rings is 13. The summed E-state index contributed by atoms with van der Waals surface area (Å²) in [5.74, 6) is 0. The Morgan fingerprint density at radius 3 is 1.08 bits per heavy atom. The third kappa shape index (κ3) is 13.8. The molecule has 21 aromatic rings. The number of rotatable bonds is 5. The molecule has 0 unspecified atom stereocenters. The van der Waals surface area contributed by atoms with Crippen LogP contribution in [0.15, 0.2) is 292 Å². The van der Waals surface area contributed by atoms with Crippen molar-refractivity contribution in [3.8, 4) is 56.2 Å². The van der Waals surface area contributed by atoms with Crippen LogP contribution in [0.1, 0.15) is 86.6 Å². The topological polar surface area (TPSA) is 35.2 Å². The molecular formula is C110H112N8+4. The van der Waals surface area contributed by atoms with Gasteiger partial charge in [-0.1, -0.05) is 253 Å². The van der Waals surface area contributed by atoms with E-state index in [-0.39, 0.29) is 40.8 Å².